The molecule has 3 rings (SSSR count). The van der Waals surface area contributed by atoms with Crippen LogP contribution < -0.4 is 10.2 Å². The third kappa shape index (κ3) is 4.82. The second kappa shape index (κ2) is 8.80. The zero-order valence-corrected chi connectivity index (χ0v) is 15.8. The number of hydrogen-bond donors (Lipinski definition) is 1. The molecule has 1 N–H and O–H groups in total. The normalized spacial score (nSPS) is 14.3. The van der Waals surface area contributed by atoms with Gasteiger partial charge in [-0.05, 0) is 25.5 Å². The van der Waals surface area contributed by atoms with Crippen molar-refractivity contribution in [3.63, 3.8) is 0 Å². The summed E-state index contributed by atoms with van der Waals surface area (Å²) < 4.78 is 0. The van der Waals surface area contributed by atoms with Crippen LogP contribution in [0, 0.1) is 6.92 Å². The number of amides is 2. The number of benzene rings is 1. The van der Waals surface area contributed by atoms with Gasteiger partial charge in [0, 0.05) is 44.8 Å². The van der Waals surface area contributed by atoms with Gasteiger partial charge >= 0.3 is 0 Å². The van der Waals surface area contributed by atoms with Crippen molar-refractivity contribution in [1.29, 1.82) is 0 Å². The number of carbonyl (C=O) groups is 2. The van der Waals surface area contributed by atoms with Crippen LogP contribution in [0.2, 0.25) is 0 Å². The zero-order chi connectivity index (χ0) is 18.4. The molecular formula is C19H24N4O2S. The number of hydrogen-bond acceptors (Lipinski definition) is 5. The van der Waals surface area contributed by atoms with Crippen molar-refractivity contribution >= 4 is 28.8 Å². The molecule has 1 aromatic carbocycles. The van der Waals surface area contributed by atoms with Crippen molar-refractivity contribution < 1.29 is 9.59 Å². The predicted molar refractivity (Wildman–Crippen MR) is 104 cm³/mol. The number of aromatic nitrogens is 1. The summed E-state index contributed by atoms with van der Waals surface area (Å²) in [6.07, 6.45) is 2.71. The van der Waals surface area contributed by atoms with E-state index in [1.54, 1.807) is 6.20 Å². The number of anilines is 1. The minimum absolute atomic E-state index is 0.112. The average Bonchev–Trinajstić information content (AvgIpc) is 3.12. The number of aryl methyl sites for hydroxylation is 1. The highest BCUT2D eigenvalue weighted by Crippen LogP contribution is 2.16. The summed E-state index contributed by atoms with van der Waals surface area (Å²) in [5.74, 6) is 0.0557. The van der Waals surface area contributed by atoms with Gasteiger partial charge < -0.3 is 15.1 Å². The highest BCUT2D eigenvalue weighted by Gasteiger charge is 2.20. The summed E-state index contributed by atoms with van der Waals surface area (Å²) in [5.41, 5.74) is 1.21. The second-order valence-electron chi connectivity index (χ2n) is 6.31. The maximum atomic E-state index is 12.3. The number of nitrogens with zero attached hydrogens (tertiary/aromatic N) is 3. The van der Waals surface area contributed by atoms with Crippen molar-refractivity contribution in [1.82, 2.24) is 15.2 Å². The molecule has 0 unspecified atom stereocenters. The molecule has 1 aliphatic heterocycles. The van der Waals surface area contributed by atoms with Crippen LogP contribution in [0.3, 0.4) is 0 Å². The quantitative estimate of drug-likeness (QED) is 0.791. The summed E-state index contributed by atoms with van der Waals surface area (Å²) in [5, 5.41) is 3.73. The molecule has 1 aliphatic rings. The van der Waals surface area contributed by atoms with Crippen LogP contribution in [0.15, 0.2) is 36.5 Å². The molecule has 0 spiro atoms. The van der Waals surface area contributed by atoms with Crippen molar-refractivity contribution in [2.75, 3.05) is 37.6 Å². The highest BCUT2D eigenvalue weighted by molar-refractivity contribution is 7.13. The zero-order valence-electron chi connectivity index (χ0n) is 15.0. The van der Waals surface area contributed by atoms with Gasteiger partial charge in [-0.3, -0.25) is 9.59 Å². The van der Waals surface area contributed by atoms with Gasteiger partial charge in [0.1, 0.15) is 4.88 Å². The number of thiazole rings is 1. The van der Waals surface area contributed by atoms with Crippen LogP contribution in [-0.4, -0.2) is 54.4 Å². The summed E-state index contributed by atoms with van der Waals surface area (Å²) in [6, 6.07) is 10.3. The molecule has 2 aromatic rings. The Balaban J connectivity index is 1.35. The van der Waals surface area contributed by atoms with Crippen LogP contribution >= 0.6 is 11.3 Å². The molecule has 2 amide bonds. The number of carbonyl (C=O) groups excluding carboxylic acids is 2. The summed E-state index contributed by atoms with van der Waals surface area (Å²) >= 11 is 1.38. The van der Waals surface area contributed by atoms with E-state index >= 15 is 0 Å². The monoisotopic (exact) mass is 372 g/mol. The van der Waals surface area contributed by atoms with Crippen LogP contribution in [-0.2, 0) is 4.79 Å². The second-order valence-corrected chi connectivity index (χ2v) is 7.54. The van der Waals surface area contributed by atoms with E-state index in [1.807, 2.05) is 30.0 Å². The van der Waals surface area contributed by atoms with E-state index in [2.05, 4.69) is 27.3 Å². The van der Waals surface area contributed by atoms with Gasteiger partial charge in [0.2, 0.25) is 5.91 Å². The molecule has 1 aromatic heterocycles. The van der Waals surface area contributed by atoms with Crippen LogP contribution in [0.4, 0.5) is 5.69 Å². The molecule has 0 bridgehead atoms. The number of rotatable bonds is 6. The first kappa shape index (κ1) is 18.4. The Morgan fingerprint density at radius 3 is 2.54 bits per heavy atom. The Bertz CT molecular complexity index is 739. The lowest BCUT2D eigenvalue weighted by molar-refractivity contribution is -0.131. The molecule has 0 saturated carbocycles. The lowest BCUT2D eigenvalue weighted by Gasteiger charge is -2.36. The fourth-order valence-corrected chi connectivity index (χ4v) is 3.70. The van der Waals surface area contributed by atoms with Crippen molar-refractivity contribution in [2.45, 2.75) is 19.8 Å². The molecule has 0 atom stereocenters. The third-order valence-electron chi connectivity index (χ3n) is 4.45. The number of piperazine rings is 1. The molecule has 1 fully saturated rings. The Morgan fingerprint density at radius 1 is 1.15 bits per heavy atom. The molecule has 0 aliphatic carbocycles. The van der Waals surface area contributed by atoms with Crippen LogP contribution in [0.5, 0.6) is 0 Å². The topological polar surface area (TPSA) is 65.5 Å². The van der Waals surface area contributed by atoms with Gasteiger partial charge in [0.25, 0.3) is 5.91 Å². The fourth-order valence-electron chi connectivity index (χ4n) is 3.01. The highest BCUT2D eigenvalue weighted by atomic mass is 32.1. The Kier molecular flexibility index (Phi) is 6.22. The lowest BCUT2D eigenvalue weighted by atomic mass is 10.2. The van der Waals surface area contributed by atoms with Crippen molar-refractivity contribution in [3.05, 3.63) is 46.4 Å². The average molecular weight is 372 g/mol. The van der Waals surface area contributed by atoms with Crippen molar-refractivity contribution in [2.24, 2.45) is 0 Å². The summed E-state index contributed by atoms with van der Waals surface area (Å²) in [6.45, 7) is 5.60. The standard InChI is InChI=1S/C19H24N4O2S/c1-15-21-14-17(26-15)19(25)20-9-5-8-18(24)23-12-10-22(11-13-23)16-6-3-2-4-7-16/h2-4,6-7,14H,5,8-13H2,1H3,(H,20,25). The van der Waals surface area contributed by atoms with E-state index in [-0.39, 0.29) is 11.8 Å². The molecule has 0 radical (unpaired) electrons. The third-order valence-corrected chi connectivity index (χ3v) is 5.36. The Labute approximate surface area is 157 Å². The maximum absolute atomic E-state index is 12.3. The van der Waals surface area contributed by atoms with Gasteiger partial charge in [-0.1, -0.05) is 18.2 Å². The van der Waals surface area contributed by atoms with E-state index in [0.29, 0.717) is 24.3 Å². The van der Waals surface area contributed by atoms with Gasteiger partial charge in [-0.2, -0.15) is 0 Å². The van der Waals surface area contributed by atoms with Crippen molar-refractivity contribution in [3.8, 4) is 0 Å². The molecule has 26 heavy (non-hydrogen) atoms. The lowest BCUT2D eigenvalue weighted by Crippen LogP contribution is -2.48. The molecule has 1 saturated heterocycles. The fraction of sp³-hybridized carbons (Fsp3) is 0.421. The first-order valence-corrected chi connectivity index (χ1v) is 9.73. The SMILES string of the molecule is Cc1ncc(C(=O)NCCCC(=O)N2CCN(c3ccccc3)CC2)s1. The number of nitrogens with one attached hydrogen (secondary N) is 1. The molecule has 6 nitrogen and oxygen atoms in total. The summed E-state index contributed by atoms with van der Waals surface area (Å²) in [4.78, 5) is 33.2. The predicted octanol–water partition coefficient (Wildman–Crippen LogP) is 2.31. The maximum Gasteiger partial charge on any atom is 0.263 e. The molecule has 2 heterocycles. The first-order chi connectivity index (χ1) is 12.6. The largest absolute Gasteiger partial charge is 0.368 e. The van der Waals surface area contributed by atoms with E-state index in [1.165, 1.54) is 17.0 Å². The number of para-hydroxylation sites is 1. The molecule has 138 valence electrons. The van der Waals surface area contributed by atoms with Gasteiger partial charge in [0.15, 0.2) is 0 Å². The van der Waals surface area contributed by atoms with E-state index in [0.717, 1.165) is 31.2 Å². The summed E-state index contributed by atoms with van der Waals surface area (Å²) in [7, 11) is 0. The smallest absolute Gasteiger partial charge is 0.263 e. The van der Waals surface area contributed by atoms with Gasteiger partial charge in [-0.15, -0.1) is 11.3 Å². The first-order valence-electron chi connectivity index (χ1n) is 8.92. The van der Waals surface area contributed by atoms with E-state index in [9.17, 15) is 9.59 Å². The van der Waals surface area contributed by atoms with Gasteiger partial charge in [0.05, 0.1) is 11.2 Å². The Morgan fingerprint density at radius 2 is 1.88 bits per heavy atom. The van der Waals surface area contributed by atoms with Gasteiger partial charge in [-0.25, -0.2) is 4.98 Å². The minimum atomic E-state index is -0.112. The van der Waals surface area contributed by atoms with E-state index in [4.69, 9.17) is 0 Å². The van der Waals surface area contributed by atoms with Crippen LogP contribution in [0.1, 0.15) is 27.5 Å². The minimum Gasteiger partial charge on any atom is -0.368 e. The molecule has 7 heteroatoms. The van der Waals surface area contributed by atoms with Crippen LogP contribution in [0.25, 0.3) is 0 Å². The molecular weight excluding hydrogens is 348 g/mol. The van der Waals surface area contributed by atoms with E-state index < -0.39 is 0 Å². The Hall–Kier alpha value is -2.41.